The summed E-state index contributed by atoms with van der Waals surface area (Å²) in [5.41, 5.74) is 0. The van der Waals surface area contributed by atoms with Crippen molar-refractivity contribution >= 4 is 13.7 Å². The number of carbonyl (C=O) groups is 1. The molecule has 3 atom stereocenters. The minimum atomic E-state index is -4.56. The molecule has 9 heteroatoms. The predicted octanol–water partition coefficient (Wildman–Crippen LogP) is 14.3. The largest absolute Gasteiger partial charge is 0.756 e. The van der Waals surface area contributed by atoms with E-state index in [4.69, 9.17) is 9.05 Å². The fourth-order valence-electron chi connectivity index (χ4n) is 7.98. The van der Waals surface area contributed by atoms with Crippen molar-refractivity contribution in [2.24, 2.45) is 0 Å². The van der Waals surface area contributed by atoms with Gasteiger partial charge in [0.25, 0.3) is 7.82 Å². The second kappa shape index (κ2) is 42.8. The van der Waals surface area contributed by atoms with E-state index in [0.717, 1.165) is 38.5 Å². The number of likely N-dealkylation sites (N-methyl/N-ethyl adjacent to an activating group) is 1. The lowest BCUT2D eigenvalue weighted by atomic mass is 10.0. The Labute approximate surface area is 368 Å². The van der Waals surface area contributed by atoms with Crippen LogP contribution in [-0.2, 0) is 18.4 Å². The zero-order chi connectivity index (χ0) is 43.6. The standard InChI is InChI=1S/C50H103N2O6P/c1-6-8-10-12-14-16-18-20-22-23-24-25-26-27-28-29-30-31-33-35-37-39-41-43-49(53)48(47-58-59(55,56)57-46-45-52(3,4)5)51-50(54)44-42-40-38-36-34-32-21-19-17-15-13-11-9-7-2/h48-49,53H,6-47H2,1-5H3,(H-,51,54,55,56). The molecule has 0 fully saturated rings. The highest BCUT2D eigenvalue weighted by molar-refractivity contribution is 7.45. The van der Waals surface area contributed by atoms with E-state index in [2.05, 4.69) is 19.2 Å². The Morgan fingerprint density at radius 3 is 1.15 bits per heavy atom. The quantitative estimate of drug-likeness (QED) is 0.0358. The number of aliphatic hydroxyl groups is 1. The molecule has 0 rings (SSSR count). The summed E-state index contributed by atoms with van der Waals surface area (Å²) in [5, 5.41) is 14.0. The van der Waals surface area contributed by atoms with Gasteiger partial charge in [0, 0.05) is 6.42 Å². The van der Waals surface area contributed by atoms with Crippen LogP contribution in [0.15, 0.2) is 0 Å². The summed E-state index contributed by atoms with van der Waals surface area (Å²) in [6, 6.07) is -0.793. The number of rotatable bonds is 48. The number of phosphoric acid groups is 1. The van der Waals surface area contributed by atoms with Gasteiger partial charge in [0.1, 0.15) is 13.2 Å². The molecule has 0 aromatic carbocycles. The van der Waals surface area contributed by atoms with Gasteiger partial charge in [0.15, 0.2) is 0 Å². The number of phosphoric ester groups is 1. The van der Waals surface area contributed by atoms with Gasteiger partial charge in [-0.25, -0.2) is 0 Å². The molecule has 0 aromatic rings. The summed E-state index contributed by atoms with van der Waals surface area (Å²) in [6.07, 6.45) is 48.3. The van der Waals surface area contributed by atoms with Crippen molar-refractivity contribution < 1.29 is 32.9 Å². The molecule has 1 amide bonds. The summed E-state index contributed by atoms with van der Waals surface area (Å²) >= 11 is 0. The second-order valence-electron chi connectivity index (χ2n) is 19.2. The normalized spacial score (nSPS) is 14.1. The van der Waals surface area contributed by atoms with Crippen molar-refractivity contribution in [3.05, 3.63) is 0 Å². The number of amides is 1. The Morgan fingerprint density at radius 1 is 0.525 bits per heavy atom. The predicted molar refractivity (Wildman–Crippen MR) is 252 cm³/mol. The Kier molecular flexibility index (Phi) is 42.4. The number of aliphatic hydroxyl groups excluding tert-OH is 1. The van der Waals surface area contributed by atoms with E-state index in [1.165, 1.54) is 199 Å². The van der Waals surface area contributed by atoms with Gasteiger partial charge in [0.2, 0.25) is 5.91 Å². The van der Waals surface area contributed by atoms with Crippen LogP contribution in [0.5, 0.6) is 0 Å². The van der Waals surface area contributed by atoms with Crippen molar-refractivity contribution in [3.63, 3.8) is 0 Å². The number of quaternary nitrogens is 1. The molecule has 0 aliphatic rings. The minimum Gasteiger partial charge on any atom is -0.756 e. The molecule has 3 unspecified atom stereocenters. The van der Waals surface area contributed by atoms with Crippen LogP contribution in [0.1, 0.15) is 264 Å². The number of nitrogens with zero attached hydrogens (tertiary/aromatic N) is 1. The summed E-state index contributed by atoms with van der Waals surface area (Å²) in [5.74, 6) is -0.160. The fourth-order valence-corrected chi connectivity index (χ4v) is 8.71. The number of nitrogens with one attached hydrogen (secondary N) is 1. The maximum absolute atomic E-state index is 12.9. The van der Waals surface area contributed by atoms with Crippen LogP contribution in [0.2, 0.25) is 0 Å². The van der Waals surface area contributed by atoms with Crippen LogP contribution >= 0.6 is 7.82 Å². The monoisotopic (exact) mass is 859 g/mol. The highest BCUT2D eigenvalue weighted by Crippen LogP contribution is 2.38. The summed E-state index contributed by atoms with van der Waals surface area (Å²) in [7, 11) is 1.32. The first-order chi connectivity index (χ1) is 28.5. The highest BCUT2D eigenvalue weighted by Gasteiger charge is 2.24. The highest BCUT2D eigenvalue weighted by atomic mass is 31.2. The van der Waals surface area contributed by atoms with Crippen molar-refractivity contribution in [2.45, 2.75) is 276 Å². The van der Waals surface area contributed by atoms with Crippen LogP contribution in [0.4, 0.5) is 0 Å². The number of hydrogen-bond acceptors (Lipinski definition) is 6. The summed E-state index contributed by atoms with van der Waals surface area (Å²) in [4.78, 5) is 25.4. The SMILES string of the molecule is CCCCCCCCCCCCCCCCCCCCCCCCCC(O)C(COP(=O)([O-])OCC[N+](C)(C)C)NC(=O)CCCCCCCCCCCCCCCC. The number of carbonyl (C=O) groups excluding carboxylic acids is 1. The zero-order valence-corrected chi connectivity index (χ0v) is 41.1. The van der Waals surface area contributed by atoms with E-state index in [-0.39, 0.29) is 19.1 Å². The van der Waals surface area contributed by atoms with Crippen LogP contribution in [-0.4, -0.2) is 68.5 Å². The molecule has 0 spiro atoms. The number of unbranched alkanes of at least 4 members (excludes halogenated alkanes) is 35. The third-order valence-electron chi connectivity index (χ3n) is 12.1. The van der Waals surface area contributed by atoms with E-state index in [9.17, 15) is 19.4 Å². The first-order valence-corrected chi connectivity index (χ1v) is 27.3. The number of hydrogen-bond donors (Lipinski definition) is 2. The molecular formula is C50H103N2O6P. The van der Waals surface area contributed by atoms with E-state index < -0.39 is 20.0 Å². The van der Waals surface area contributed by atoms with Gasteiger partial charge in [-0.15, -0.1) is 0 Å². The molecule has 0 radical (unpaired) electrons. The molecule has 0 saturated heterocycles. The van der Waals surface area contributed by atoms with Crippen LogP contribution in [0, 0.1) is 0 Å². The van der Waals surface area contributed by atoms with E-state index in [1.807, 2.05) is 21.1 Å². The van der Waals surface area contributed by atoms with Crippen molar-refractivity contribution in [3.8, 4) is 0 Å². The molecular weight excluding hydrogens is 756 g/mol. The molecule has 8 nitrogen and oxygen atoms in total. The molecule has 0 aromatic heterocycles. The van der Waals surface area contributed by atoms with E-state index in [1.54, 1.807) is 0 Å². The average molecular weight is 859 g/mol. The van der Waals surface area contributed by atoms with Crippen molar-refractivity contribution in [2.75, 3.05) is 40.9 Å². The van der Waals surface area contributed by atoms with Gasteiger partial charge < -0.3 is 28.8 Å². The molecule has 2 N–H and O–H groups in total. The van der Waals surface area contributed by atoms with Crippen LogP contribution in [0.3, 0.4) is 0 Å². The van der Waals surface area contributed by atoms with Crippen molar-refractivity contribution in [1.29, 1.82) is 0 Å². The second-order valence-corrected chi connectivity index (χ2v) is 20.7. The van der Waals surface area contributed by atoms with Gasteiger partial charge in [-0.2, -0.15) is 0 Å². The molecule has 0 saturated carbocycles. The molecule has 354 valence electrons. The smallest absolute Gasteiger partial charge is 0.268 e. The van der Waals surface area contributed by atoms with Gasteiger partial charge in [0.05, 0.1) is 39.9 Å². The Hall–Kier alpha value is -0.500. The first-order valence-electron chi connectivity index (χ1n) is 25.9. The van der Waals surface area contributed by atoms with Gasteiger partial charge in [-0.05, 0) is 12.8 Å². The lowest BCUT2D eigenvalue weighted by molar-refractivity contribution is -0.870. The fraction of sp³-hybridized carbons (Fsp3) is 0.980. The lowest BCUT2D eigenvalue weighted by Crippen LogP contribution is -2.46. The minimum absolute atomic E-state index is 0.0164. The summed E-state index contributed by atoms with van der Waals surface area (Å²) in [6.45, 7) is 4.76. The molecule has 0 aliphatic heterocycles. The zero-order valence-electron chi connectivity index (χ0n) is 40.2. The maximum Gasteiger partial charge on any atom is 0.268 e. The molecule has 59 heavy (non-hydrogen) atoms. The van der Waals surface area contributed by atoms with E-state index in [0.29, 0.717) is 23.9 Å². The Morgan fingerprint density at radius 2 is 0.831 bits per heavy atom. The third-order valence-corrected chi connectivity index (χ3v) is 13.1. The van der Waals surface area contributed by atoms with Crippen LogP contribution in [0.25, 0.3) is 0 Å². The van der Waals surface area contributed by atoms with Gasteiger partial charge in [-0.3, -0.25) is 9.36 Å². The van der Waals surface area contributed by atoms with Crippen LogP contribution < -0.4 is 10.2 Å². The Bertz CT molecular complexity index is 932. The Balaban J connectivity index is 4.17. The molecule has 0 aliphatic carbocycles. The van der Waals surface area contributed by atoms with Gasteiger partial charge in [-0.1, -0.05) is 245 Å². The summed E-state index contributed by atoms with van der Waals surface area (Å²) < 4.78 is 23.3. The maximum atomic E-state index is 12.9. The topological polar surface area (TPSA) is 108 Å². The van der Waals surface area contributed by atoms with Crippen molar-refractivity contribution in [1.82, 2.24) is 5.32 Å². The average Bonchev–Trinajstić information content (AvgIpc) is 3.19. The third kappa shape index (κ3) is 45.3. The first kappa shape index (κ1) is 58.5. The van der Waals surface area contributed by atoms with E-state index >= 15 is 0 Å². The van der Waals surface area contributed by atoms with Gasteiger partial charge >= 0.3 is 0 Å². The molecule has 0 bridgehead atoms. The lowest BCUT2D eigenvalue weighted by Gasteiger charge is -2.30. The molecule has 0 heterocycles.